The summed E-state index contributed by atoms with van der Waals surface area (Å²) in [5.74, 6) is -3.87. The molecule has 2 atom stereocenters. The number of halogens is 1. The molecular formula is C27H29FN4O7. The number of rotatable bonds is 10. The van der Waals surface area contributed by atoms with Crippen LogP contribution in [0.15, 0.2) is 48.5 Å². The van der Waals surface area contributed by atoms with Crippen molar-refractivity contribution in [3.63, 3.8) is 0 Å². The van der Waals surface area contributed by atoms with Crippen LogP contribution in [-0.4, -0.2) is 60.8 Å². The molecule has 1 saturated heterocycles. The van der Waals surface area contributed by atoms with E-state index in [1.165, 1.54) is 12.1 Å². The standard InChI is InChI=1S/C27H29FN4O7/c1-17(33)39-24(26(35)36)23(31-27(37)38-16-19-6-4-3-5-7-19)25(34)30-15-18-10-12-32(13-11-18)22-9-8-20(28)14-21(22)29-2/h3-9,14,18,23-24H,10-13,15-16H2,1H3,(H,30,34)(H,31,37)(H,35,36)/t23-,24-/m1/s1. The highest BCUT2D eigenvalue weighted by atomic mass is 19.1. The van der Waals surface area contributed by atoms with Crippen LogP contribution in [0, 0.1) is 18.3 Å². The number of anilines is 1. The molecule has 2 aromatic carbocycles. The van der Waals surface area contributed by atoms with Gasteiger partial charge in [-0.25, -0.2) is 18.8 Å². The number of piperidine rings is 1. The van der Waals surface area contributed by atoms with Crippen LogP contribution in [0.5, 0.6) is 0 Å². The third kappa shape index (κ3) is 8.43. The monoisotopic (exact) mass is 540 g/mol. The van der Waals surface area contributed by atoms with E-state index in [2.05, 4.69) is 15.5 Å². The van der Waals surface area contributed by atoms with Gasteiger partial charge in [0.25, 0.3) is 0 Å². The minimum Gasteiger partial charge on any atom is -0.478 e. The van der Waals surface area contributed by atoms with Crippen LogP contribution < -0.4 is 15.5 Å². The number of nitrogens with one attached hydrogen (secondary N) is 2. The molecule has 1 aliphatic rings. The number of carboxylic acid groups (broad SMARTS) is 1. The first kappa shape index (κ1) is 28.9. The summed E-state index contributed by atoms with van der Waals surface area (Å²) < 4.78 is 23.4. The molecule has 0 spiro atoms. The first-order chi connectivity index (χ1) is 18.7. The van der Waals surface area contributed by atoms with Crippen molar-refractivity contribution in [3.8, 4) is 0 Å². The van der Waals surface area contributed by atoms with Crippen LogP contribution >= 0.6 is 0 Å². The molecule has 0 bridgehead atoms. The van der Waals surface area contributed by atoms with E-state index in [0.29, 0.717) is 37.2 Å². The molecule has 0 aliphatic carbocycles. The van der Waals surface area contributed by atoms with Crippen molar-refractivity contribution in [3.05, 3.63) is 71.3 Å². The fraction of sp³-hybridized carbons (Fsp3) is 0.370. The van der Waals surface area contributed by atoms with Crippen molar-refractivity contribution in [1.82, 2.24) is 10.6 Å². The predicted octanol–water partition coefficient (Wildman–Crippen LogP) is 3.02. The Hall–Kier alpha value is -4.66. The van der Waals surface area contributed by atoms with E-state index in [4.69, 9.17) is 16.0 Å². The Morgan fingerprint density at radius 3 is 2.46 bits per heavy atom. The quantitative estimate of drug-likeness (QED) is 0.309. The van der Waals surface area contributed by atoms with Crippen LogP contribution in [-0.2, 0) is 30.5 Å². The smallest absolute Gasteiger partial charge is 0.408 e. The zero-order chi connectivity index (χ0) is 28.4. The Bertz CT molecular complexity index is 1230. The van der Waals surface area contributed by atoms with Crippen molar-refractivity contribution in [2.24, 2.45) is 5.92 Å². The molecule has 0 unspecified atom stereocenters. The van der Waals surface area contributed by atoms with Crippen molar-refractivity contribution in [2.75, 3.05) is 24.5 Å². The molecule has 11 nitrogen and oxygen atoms in total. The second kappa shape index (κ2) is 13.8. The number of nitrogens with zero attached hydrogens (tertiary/aromatic N) is 2. The average molecular weight is 541 g/mol. The van der Waals surface area contributed by atoms with Gasteiger partial charge in [-0.05, 0) is 42.5 Å². The fourth-order valence-electron chi connectivity index (χ4n) is 4.20. The lowest BCUT2D eigenvalue weighted by atomic mass is 9.96. The first-order valence-corrected chi connectivity index (χ1v) is 12.2. The van der Waals surface area contributed by atoms with Crippen LogP contribution in [0.25, 0.3) is 4.85 Å². The summed E-state index contributed by atoms with van der Waals surface area (Å²) in [4.78, 5) is 54.1. The Kier molecular flexibility index (Phi) is 10.2. The minimum atomic E-state index is -1.97. The number of aliphatic carboxylic acids is 1. The zero-order valence-electron chi connectivity index (χ0n) is 21.3. The van der Waals surface area contributed by atoms with Gasteiger partial charge in [0.2, 0.25) is 17.7 Å². The lowest BCUT2D eigenvalue weighted by molar-refractivity contribution is -0.166. The molecule has 2 aromatic rings. The summed E-state index contributed by atoms with van der Waals surface area (Å²) in [5, 5.41) is 14.4. The minimum absolute atomic E-state index is 0.0183. The molecule has 39 heavy (non-hydrogen) atoms. The topological polar surface area (TPSA) is 139 Å². The van der Waals surface area contributed by atoms with E-state index >= 15 is 0 Å². The third-order valence-electron chi connectivity index (χ3n) is 6.19. The van der Waals surface area contributed by atoms with Gasteiger partial charge in [0.1, 0.15) is 12.4 Å². The molecule has 0 radical (unpaired) electrons. The zero-order valence-corrected chi connectivity index (χ0v) is 21.3. The number of ether oxygens (including phenoxy) is 2. The molecule has 12 heteroatoms. The first-order valence-electron chi connectivity index (χ1n) is 12.2. The Balaban J connectivity index is 1.60. The van der Waals surface area contributed by atoms with Crippen molar-refractivity contribution < 1.29 is 38.1 Å². The Morgan fingerprint density at radius 2 is 1.85 bits per heavy atom. The van der Waals surface area contributed by atoms with E-state index < -0.39 is 41.9 Å². The summed E-state index contributed by atoms with van der Waals surface area (Å²) >= 11 is 0. The molecule has 1 fully saturated rings. The molecule has 3 rings (SSSR count). The predicted molar refractivity (Wildman–Crippen MR) is 137 cm³/mol. The second-order valence-electron chi connectivity index (χ2n) is 8.97. The third-order valence-corrected chi connectivity index (χ3v) is 6.19. The SMILES string of the molecule is [C-]#[N+]c1cc(F)ccc1N1CCC(CNC(=O)[C@H](NC(=O)OCc2ccccc2)[C@@H](OC(C)=O)C(=O)O)CC1. The number of carboxylic acids is 1. The Morgan fingerprint density at radius 1 is 1.15 bits per heavy atom. The maximum atomic E-state index is 13.5. The second-order valence-corrected chi connectivity index (χ2v) is 8.97. The highest BCUT2D eigenvalue weighted by Gasteiger charge is 2.38. The van der Waals surface area contributed by atoms with Gasteiger partial charge in [-0.2, -0.15) is 0 Å². The van der Waals surface area contributed by atoms with E-state index in [-0.39, 0.29) is 24.8 Å². The van der Waals surface area contributed by atoms with Gasteiger partial charge >= 0.3 is 18.0 Å². The summed E-state index contributed by atoms with van der Waals surface area (Å²) in [6, 6.07) is 11.1. The van der Waals surface area contributed by atoms with E-state index in [1.807, 2.05) is 4.90 Å². The van der Waals surface area contributed by atoms with E-state index in [0.717, 1.165) is 6.92 Å². The molecular weight excluding hydrogens is 511 g/mol. The summed E-state index contributed by atoms with van der Waals surface area (Å²) in [6.07, 6.45) is -1.75. The van der Waals surface area contributed by atoms with Gasteiger partial charge in [0.05, 0.1) is 6.57 Å². The Labute approximate surface area is 224 Å². The molecule has 1 aliphatic heterocycles. The number of esters is 1. The van der Waals surface area contributed by atoms with Crippen molar-refractivity contribution in [1.29, 1.82) is 0 Å². The number of amides is 2. The maximum Gasteiger partial charge on any atom is 0.408 e. The van der Waals surface area contributed by atoms with Gasteiger partial charge in [0, 0.05) is 32.2 Å². The van der Waals surface area contributed by atoms with Gasteiger partial charge in [0.15, 0.2) is 6.04 Å². The maximum absolute atomic E-state index is 13.5. The molecule has 2 amide bonds. The van der Waals surface area contributed by atoms with Crippen LogP contribution in [0.1, 0.15) is 25.3 Å². The van der Waals surface area contributed by atoms with Gasteiger partial charge in [-0.15, -0.1) is 0 Å². The number of benzene rings is 2. The summed E-state index contributed by atoms with van der Waals surface area (Å²) in [6.45, 7) is 9.47. The lowest BCUT2D eigenvalue weighted by Crippen LogP contribution is -2.57. The van der Waals surface area contributed by atoms with Gasteiger partial charge in [-0.3, -0.25) is 9.59 Å². The highest BCUT2D eigenvalue weighted by molar-refractivity contribution is 5.92. The molecule has 3 N–H and O–H groups in total. The van der Waals surface area contributed by atoms with Crippen molar-refractivity contribution in [2.45, 2.75) is 38.5 Å². The van der Waals surface area contributed by atoms with E-state index in [1.54, 1.807) is 36.4 Å². The fourth-order valence-corrected chi connectivity index (χ4v) is 4.20. The number of hydrogen-bond acceptors (Lipinski definition) is 7. The normalized spacial score (nSPS) is 14.8. The molecule has 0 aromatic heterocycles. The molecule has 1 heterocycles. The summed E-state index contributed by atoms with van der Waals surface area (Å²) in [7, 11) is 0. The lowest BCUT2D eigenvalue weighted by Gasteiger charge is -2.34. The number of hydrogen-bond donors (Lipinski definition) is 3. The van der Waals surface area contributed by atoms with Crippen molar-refractivity contribution >= 4 is 35.3 Å². The van der Waals surface area contributed by atoms with Crippen LogP contribution in [0.4, 0.5) is 20.6 Å². The van der Waals surface area contributed by atoms with Crippen LogP contribution in [0.3, 0.4) is 0 Å². The average Bonchev–Trinajstić information content (AvgIpc) is 2.93. The van der Waals surface area contributed by atoms with Gasteiger partial charge in [-0.1, -0.05) is 30.3 Å². The number of carbonyl (C=O) groups excluding carboxylic acids is 3. The van der Waals surface area contributed by atoms with Crippen LogP contribution in [0.2, 0.25) is 0 Å². The number of carbonyl (C=O) groups is 4. The highest BCUT2D eigenvalue weighted by Crippen LogP contribution is 2.32. The van der Waals surface area contributed by atoms with Gasteiger partial charge < -0.3 is 30.1 Å². The van der Waals surface area contributed by atoms with E-state index in [9.17, 15) is 28.7 Å². The largest absolute Gasteiger partial charge is 0.478 e. The molecule has 206 valence electrons. The summed E-state index contributed by atoms with van der Waals surface area (Å²) in [5.41, 5.74) is 1.54. The molecule has 0 saturated carbocycles. The number of alkyl carbamates (subject to hydrolysis) is 1.